The van der Waals surface area contributed by atoms with Crippen LogP contribution in [0.3, 0.4) is 0 Å². The molecule has 5 atom stereocenters. The zero-order valence-electron chi connectivity index (χ0n) is 27.5. The fourth-order valence-corrected chi connectivity index (χ4v) is 5.89. The lowest BCUT2D eigenvalue weighted by Crippen LogP contribution is -2.64. The molecule has 0 unspecified atom stereocenters. The van der Waals surface area contributed by atoms with Gasteiger partial charge in [0.25, 0.3) is 5.91 Å². The quantitative estimate of drug-likeness (QED) is 0.123. The van der Waals surface area contributed by atoms with Gasteiger partial charge in [-0.15, -0.1) is 0 Å². The Hall–Kier alpha value is -4.63. The van der Waals surface area contributed by atoms with Crippen molar-refractivity contribution in [3.8, 4) is 0 Å². The van der Waals surface area contributed by atoms with Gasteiger partial charge in [0.05, 0.1) is 33.0 Å². The van der Waals surface area contributed by atoms with Gasteiger partial charge in [0.1, 0.15) is 24.4 Å². The Balaban J connectivity index is 1.31. The van der Waals surface area contributed by atoms with E-state index in [0.29, 0.717) is 26.4 Å². The first-order valence-corrected chi connectivity index (χ1v) is 16.8. The maximum atomic E-state index is 14.1. The average Bonchev–Trinajstić information content (AvgIpc) is 3.17. The van der Waals surface area contributed by atoms with E-state index in [4.69, 9.17) is 23.7 Å². The van der Waals surface area contributed by atoms with Crippen molar-refractivity contribution in [2.75, 3.05) is 6.61 Å². The van der Waals surface area contributed by atoms with E-state index in [1.54, 1.807) is 0 Å². The second-order valence-corrected chi connectivity index (χ2v) is 12.1. The van der Waals surface area contributed by atoms with Crippen LogP contribution in [0.4, 0.5) is 0 Å². The van der Waals surface area contributed by atoms with Gasteiger partial charge in [-0.2, -0.15) is 0 Å². The molecule has 1 fully saturated rings. The minimum absolute atomic E-state index is 0.188. The van der Waals surface area contributed by atoms with Crippen LogP contribution in [-0.2, 0) is 61.5 Å². The van der Waals surface area contributed by atoms with Crippen LogP contribution >= 0.6 is 0 Å². The van der Waals surface area contributed by atoms with Gasteiger partial charge < -0.3 is 29.0 Å². The molecule has 0 saturated carbocycles. The molecule has 7 heteroatoms. The summed E-state index contributed by atoms with van der Waals surface area (Å²) >= 11 is 0. The number of rotatable bonds is 16. The number of ether oxygens (including phenoxy) is 5. The Bertz CT molecular complexity index is 1660. The van der Waals surface area contributed by atoms with E-state index in [2.05, 4.69) is 5.32 Å². The third kappa shape index (κ3) is 10.2. The largest absolute Gasteiger partial charge is 0.374 e. The second-order valence-electron chi connectivity index (χ2n) is 12.1. The summed E-state index contributed by atoms with van der Waals surface area (Å²) in [5.74, 6) is -0.287. The van der Waals surface area contributed by atoms with Crippen LogP contribution in [0.5, 0.6) is 0 Å². The number of nitrogens with one attached hydrogen (secondary N) is 1. The summed E-state index contributed by atoms with van der Waals surface area (Å²) in [4.78, 5) is 14.1. The number of carbonyl (C=O) groups excluding carboxylic acids is 1. The average molecular weight is 658 g/mol. The molecule has 1 heterocycles. The number of benzene rings is 5. The zero-order valence-corrected chi connectivity index (χ0v) is 27.5. The van der Waals surface area contributed by atoms with Gasteiger partial charge in [-0.1, -0.05) is 152 Å². The molecule has 0 bridgehead atoms. The second kappa shape index (κ2) is 18.2. The van der Waals surface area contributed by atoms with Crippen molar-refractivity contribution in [2.45, 2.75) is 63.5 Å². The molecule has 0 radical (unpaired) electrons. The maximum absolute atomic E-state index is 14.1. The number of hydrogen-bond acceptors (Lipinski definition) is 6. The van der Waals surface area contributed by atoms with Gasteiger partial charge in [0, 0.05) is 6.54 Å². The molecule has 0 aromatic heterocycles. The van der Waals surface area contributed by atoms with Crippen LogP contribution in [0.2, 0.25) is 0 Å². The highest BCUT2D eigenvalue weighted by Crippen LogP contribution is 2.31. The Morgan fingerprint density at radius 1 is 0.490 bits per heavy atom. The molecule has 49 heavy (non-hydrogen) atoms. The number of carbonyl (C=O) groups is 1. The Labute approximate surface area is 288 Å². The normalized spacial score (nSPS) is 20.4. The van der Waals surface area contributed by atoms with Crippen molar-refractivity contribution in [1.82, 2.24) is 5.32 Å². The van der Waals surface area contributed by atoms with Crippen LogP contribution in [0.25, 0.3) is 0 Å². The van der Waals surface area contributed by atoms with Crippen molar-refractivity contribution in [1.29, 1.82) is 0 Å². The SMILES string of the molecule is O=C(NCc1ccccc1)[C@@H]1O[C@H](COCc2ccccc2)[C@@H](OCc2ccccc2)[C@H](OCc2ccccc2)[C@H]1OCc1ccccc1. The summed E-state index contributed by atoms with van der Waals surface area (Å²) in [6.45, 7) is 1.82. The third-order valence-electron chi connectivity index (χ3n) is 8.45. The van der Waals surface area contributed by atoms with E-state index in [9.17, 15) is 4.79 Å². The van der Waals surface area contributed by atoms with Crippen LogP contribution in [0.15, 0.2) is 152 Å². The first-order valence-electron chi connectivity index (χ1n) is 16.8. The molecule has 0 aliphatic carbocycles. The van der Waals surface area contributed by atoms with E-state index < -0.39 is 30.5 Å². The van der Waals surface area contributed by atoms with Crippen molar-refractivity contribution in [3.63, 3.8) is 0 Å². The topological polar surface area (TPSA) is 75.3 Å². The van der Waals surface area contributed by atoms with Crippen LogP contribution < -0.4 is 5.32 Å². The van der Waals surface area contributed by atoms with Crippen molar-refractivity contribution in [3.05, 3.63) is 179 Å². The highest BCUT2D eigenvalue weighted by atomic mass is 16.6. The van der Waals surface area contributed by atoms with E-state index >= 15 is 0 Å². The summed E-state index contributed by atoms with van der Waals surface area (Å²) in [5.41, 5.74) is 5.01. The van der Waals surface area contributed by atoms with Crippen molar-refractivity contribution in [2.24, 2.45) is 0 Å². The predicted molar refractivity (Wildman–Crippen MR) is 188 cm³/mol. The summed E-state index contributed by atoms with van der Waals surface area (Å²) in [5, 5.41) is 3.09. The molecule has 252 valence electrons. The molecule has 1 aliphatic rings. The first kappa shape index (κ1) is 34.2. The number of hydrogen-bond donors (Lipinski definition) is 1. The van der Waals surface area contributed by atoms with E-state index in [-0.39, 0.29) is 19.1 Å². The molecule has 1 saturated heterocycles. The van der Waals surface area contributed by atoms with Crippen molar-refractivity contribution < 1.29 is 28.5 Å². The lowest BCUT2D eigenvalue weighted by atomic mass is 9.93. The molecule has 0 spiro atoms. The molecular formula is C42H43NO6. The van der Waals surface area contributed by atoms with Gasteiger partial charge in [-0.25, -0.2) is 0 Å². The lowest BCUT2D eigenvalue weighted by Gasteiger charge is -2.45. The molecule has 1 amide bonds. The fourth-order valence-electron chi connectivity index (χ4n) is 5.89. The van der Waals surface area contributed by atoms with E-state index in [0.717, 1.165) is 27.8 Å². The molecular weight excluding hydrogens is 614 g/mol. The molecule has 5 aromatic rings. The lowest BCUT2D eigenvalue weighted by molar-refractivity contribution is -0.267. The standard InChI is InChI=1S/C42H43NO6/c44-42(43-26-32-16-6-1-7-17-32)41-40(48-30-36-24-14-5-15-25-36)39(47-29-35-22-12-4-13-23-35)38(46-28-34-20-10-3-11-21-34)37(49-41)31-45-27-33-18-8-2-9-19-33/h1-25,37-41H,26-31H2,(H,43,44)/t37-,38-,39+,40-,41-/m1/s1. The minimum Gasteiger partial charge on any atom is -0.374 e. The van der Waals surface area contributed by atoms with E-state index in [1.807, 2.05) is 152 Å². The fraction of sp³-hybridized carbons (Fsp3) is 0.262. The third-order valence-corrected chi connectivity index (χ3v) is 8.45. The maximum Gasteiger partial charge on any atom is 0.252 e. The van der Waals surface area contributed by atoms with Gasteiger partial charge in [-0.05, 0) is 27.8 Å². The highest BCUT2D eigenvalue weighted by molar-refractivity contribution is 5.81. The first-order chi connectivity index (χ1) is 24.2. The summed E-state index contributed by atoms with van der Waals surface area (Å²) in [7, 11) is 0. The van der Waals surface area contributed by atoms with Crippen LogP contribution in [0, 0.1) is 0 Å². The monoisotopic (exact) mass is 657 g/mol. The smallest absolute Gasteiger partial charge is 0.252 e. The van der Waals surface area contributed by atoms with E-state index in [1.165, 1.54) is 0 Å². The molecule has 1 aliphatic heterocycles. The molecule has 5 aromatic carbocycles. The molecule has 1 N–H and O–H groups in total. The Morgan fingerprint density at radius 2 is 0.878 bits per heavy atom. The number of amides is 1. The van der Waals surface area contributed by atoms with Gasteiger partial charge in [0.2, 0.25) is 0 Å². The van der Waals surface area contributed by atoms with Crippen LogP contribution in [-0.4, -0.2) is 43.0 Å². The molecule has 6 rings (SSSR count). The zero-order chi connectivity index (χ0) is 33.5. The van der Waals surface area contributed by atoms with Gasteiger partial charge in [-0.3, -0.25) is 4.79 Å². The highest BCUT2D eigenvalue weighted by Gasteiger charge is 2.51. The predicted octanol–water partition coefficient (Wildman–Crippen LogP) is 7.04. The molecule has 7 nitrogen and oxygen atoms in total. The minimum atomic E-state index is -0.991. The Kier molecular flexibility index (Phi) is 12.7. The van der Waals surface area contributed by atoms with Gasteiger partial charge in [0.15, 0.2) is 6.10 Å². The Morgan fingerprint density at radius 3 is 1.35 bits per heavy atom. The van der Waals surface area contributed by atoms with Gasteiger partial charge >= 0.3 is 0 Å². The summed E-state index contributed by atoms with van der Waals surface area (Å²) in [6, 6.07) is 49.6. The van der Waals surface area contributed by atoms with Crippen LogP contribution in [0.1, 0.15) is 27.8 Å². The summed E-state index contributed by atoms with van der Waals surface area (Å²) < 4.78 is 33.0. The summed E-state index contributed by atoms with van der Waals surface area (Å²) in [6.07, 6.45) is -3.68. The van der Waals surface area contributed by atoms with Crippen molar-refractivity contribution >= 4 is 5.91 Å².